The van der Waals surface area contributed by atoms with Crippen LogP contribution in [0.2, 0.25) is 0 Å². The molecule has 0 bridgehead atoms. The van der Waals surface area contributed by atoms with Gasteiger partial charge in [-0.25, -0.2) is 4.79 Å². The van der Waals surface area contributed by atoms with Gasteiger partial charge in [-0.1, -0.05) is 6.07 Å². The molecule has 2 unspecified atom stereocenters. The van der Waals surface area contributed by atoms with Crippen LogP contribution in [0.25, 0.3) is 0 Å². The summed E-state index contributed by atoms with van der Waals surface area (Å²) in [5.41, 5.74) is 4.79. The van der Waals surface area contributed by atoms with Crippen LogP contribution in [0.15, 0.2) is 24.3 Å². The Kier molecular flexibility index (Phi) is 3.16. The van der Waals surface area contributed by atoms with E-state index in [-0.39, 0.29) is 17.8 Å². The van der Waals surface area contributed by atoms with E-state index >= 15 is 0 Å². The minimum atomic E-state index is -4.42. The second kappa shape index (κ2) is 4.49. The predicted octanol–water partition coefficient (Wildman–Crippen LogP) is 1.93. The summed E-state index contributed by atoms with van der Waals surface area (Å²) in [4.78, 5) is 11.4. The maximum Gasteiger partial charge on any atom is 0.416 e. The summed E-state index contributed by atoms with van der Waals surface area (Å²) >= 11 is 0. The number of halogens is 3. The SMILES string of the molecule is NC1CC1NC(=O)Nc1cccc(C(F)(F)F)c1. The summed E-state index contributed by atoms with van der Waals surface area (Å²) in [6, 6.07) is 3.76. The molecule has 0 radical (unpaired) electrons. The Bertz CT molecular complexity index is 461. The molecule has 4 nitrogen and oxygen atoms in total. The molecule has 1 aliphatic carbocycles. The van der Waals surface area contributed by atoms with Crippen molar-refractivity contribution in [3.05, 3.63) is 29.8 Å². The molecule has 0 saturated heterocycles. The highest BCUT2D eigenvalue weighted by molar-refractivity contribution is 5.89. The normalized spacial score (nSPS) is 22.4. The summed E-state index contributed by atoms with van der Waals surface area (Å²) in [5.74, 6) is 0. The number of carbonyl (C=O) groups is 1. The van der Waals surface area contributed by atoms with E-state index in [1.54, 1.807) is 0 Å². The summed E-state index contributed by atoms with van der Waals surface area (Å²) in [6.45, 7) is 0. The van der Waals surface area contributed by atoms with Gasteiger partial charge in [0.25, 0.3) is 0 Å². The number of hydrogen-bond acceptors (Lipinski definition) is 2. The van der Waals surface area contributed by atoms with Crippen LogP contribution in [0.5, 0.6) is 0 Å². The van der Waals surface area contributed by atoms with Gasteiger partial charge in [-0.2, -0.15) is 13.2 Å². The number of anilines is 1. The summed E-state index contributed by atoms with van der Waals surface area (Å²) in [5, 5.41) is 4.89. The number of benzene rings is 1. The lowest BCUT2D eigenvalue weighted by Gasteiger charge is -2.10. The summed E-state index contributed by atoms with van der Waals surface area (Å²) in [6.07, 6.45) is -3.73. The van der Waals surface area contributed by atoms with Crippen LogP contribution >= 0.6 is 0 Å². The fraction of sp³-hybridized carbons (Fsp3) is 0.364. The third kappa shape index (κ3) is 3.13. The Morgan fingerprint density at radius 3 is 2.61 bits per heavy atom. The third-order valence-corrected chi connectivity index (χ3v) is 2.60. The van der Waals surface area contributed by atoms with Gasteiger partial charge in [0, 0.05) is 17.8 Å². The van der Waals surface area contributed by atoms with Crippen molar-refractivity contribution in [2.24, 2.45) is 5.73 Å². The average molecular weight is 259 g/mol. The zero-order valence-corrected chi connectivity index (χ0v) is 9.29. The Balaban J connectivity index is 1.98. The van der Waals surface area contributed by atoms with Gasteiger partial charge < -0.3 is 16.4 Å². The minimum absolute atomic E-state index is 0.0581. The number of urea groups is 1. The van der Waals surface area contributed by atoms with Crippen molar-refractivity contribution in [3.63, 3.8) is 0 Å². The molecule has 0 spiro atoms. The van der Waals surface area contributed by atoms with Crippen LogP contribution in [0, 0.1) is 0 Å². The maximum atomic E-state index is 12.4. The van der Waals surface area contributed by atoms with E-state index in [9.17, 15) is 18.0 Å². The lowest BCUT2D eigenvalue weighted by molar-refractivity contribution is -0.137. The van der Waals surface area contributed by atoms with Crippen LogP contribution in [0.1, 0.15) is 12.0 Å². The van der Waals surface area contributed by atoms with Crippen molar-refractivity contribution in [3.8, 4) is 0 Å². The van der Waals surface area contributed by atoms with Gasteiger partial charge in [-0.3, -0.25) is 0 Å². The van der Waals surface area contributed by atoms with Crippen molar-refractivity contribution < 1.29 is 18.0 Å². The molecule has 2 atom stereocenters. The first-order chi connectivity index (χ1) is 8.36. The molecule has 1 saturated carbocycles. The summed E-state index contributed by atoms with van der Waals surface area (Å²) in [7, 11) is 0. The first kappa shape index (κ1) is 12.7. The molecule has 0 aliphatic heterocycles. The van der Waals surface area contributed by atoms with Crippen molar-refractivity contribution in [1.29, 1.82) is 0 Å². The molecule has 0 aromatic heterocycles. The van der Waals surface area contributed by atoms with Gasteiger partial charge >= 0.3 is 12.2 Å². The van der Waals surface area contributed by atoms with Gasteiger partial charge in [-0.05, 0) is 24.6 Å². The number of nitrogens with two attached hydrogens (primary N) is 1. The minimum Gasteiger partial charge on any atom is -0.334 e. The van der Waals surface area contributed by atoms with E-state index in [0.717, 1.165) is 12.1 Å². The zero-order valence-electron chi connectivity index (χ0n) is 9.29. The Morgan fingerprint density at radius 2 is 2.06 bits per heavy atom. The van der Waals surface area contributed by atoms with E-state index < -0.39 is 17.8 Å². The average Bonchev–Trinajstić information content (AvgIpc) is 2.93. The standard InChI is InChI=1S/C11H12F3N3O/c12-11(13,14)6-2-1-3-7(4-6)16-10(18)17-9-5-8(9)15/h1-4,8-9H,5,15H2,(H2,16,17,18). The highest BCUT2D eigenvalue weighted by atomic mass is 19.4. The largest absolute Gasteiger partial charge is 0.416 e. The fourth-order valence-electron chi connectivity index (χ4n) is 1.49. The molecule has 1 fully saturated rings. The molecule has 98 valence electrons. The highest BCUT2D eigenvalue weighted by Gasteiger charge is 2.35. The lowest BCUT2D eigenvalue weighted by atomic mass is 10.2. The van der Waals surface area contributed by atoms with E-state index in [1.165, 1.54) is 12.1 Å². The molecule has 4 N–H and O–H groups in total. The van der Waals surface area contributed by atoms with Crippen LogP contribution < -0.4 is 16.4 Å². The smallest absolute Gasteiger partial charge is 0.334 e. The van der Waals surface area contributed by atoms with Crippen molar-refractivity contribution in [2.75, 3.05) is 5.32 Å². The monoisotopic (exact) mass is 259 g/mol. The number of alkyl halides is 3. The van der Waals surface area contributed by atoms with E-state index in [2.05, 4.69) is 10.6 Å². The number of amides is 2. The zero-order chi connectivity index (χ0) is 13.3. The molecule has 18 heavy (non-hydrogen) atoms. The van der Waals surface area contributed by atoms with E-state index in [1.807, 2.05) is 0 Å². The van der Waals surface area contributed by atoms with Crippen LogP contribution in [-0.2, 0) is 6.18 Å². The molecule has 7 heteroatoms. The topological polar surface area (TPSA) is 67.1 Å². The van der Waals surface area contributed by atoms with Crippen LogP contribution in [0.4, 0.5) is 23.7 Å². The third-order valence-electron chi connectivity index (χ3n) is 2.60. The quantitative estimate of drug-likeness (QED) is 0.759. The van der Waals surface area contributed by atoms with Gasteiger partial charge in [0.05, 0.1) is 5.56 Å². The fourth-order valence-corrected chi connectivity index (χ4v) is 1.49. The maximum absolute atomic E-state index is 12.4. The van der Waals surface area contributed by atoms with E-state index in [0.29, 0.717) is 6.42 Å². The van der Waals surface area contributed by atoms with Crippen LogP contribution in [0.3, 0.4) is 0 Å². The number of hydrogen-bond donors (Lipinski definition) is 3. The second-order valence-electron chi connectivity index (χ2n) is 4.18. The van der Waals surface area contributed by atoms with Gasteiger partial charge in [0.2, 0.25) is 0 Å². The molecular weight excluding hydrogens is 247 g/mol. The van der Waals surface area contributed by atoms with Gasteiger partial charge in [0.15, 0.2) is 0 Å². The van der Waals surface area contributed by atoms with E-state index in [4.69, 9.17) is 5.73 Å². The first-order valence-corrected chi connectivity index (χ1v) is 5.36. The molecule has 2 amide bonds. The van der Waals surface area contributed by atoms with Crippen molar-refractivity contribution >= 4 is 11.7 Å². The Morgan fingerprint density at radius 1 is 1.39 bits per heavy atom. The number of carbonyl (C=O) groups excluding carboxylic acids is 1. The van der Waals surface area contributed by atoms with Crippen LogP contribution in [-0.4, -0.2) is 18.1 Å². The molecule has 1 aromatic rings. The molecular formula is C11H12F3N3O. The molecule has 1 aliphatic rings. The molecule has 2 rings (SSSR count). The van der Waals surface area contributed by atoms with Crippen molar-refractivity contribution in [2.45, 2.75) is 24.7 Å². The lowest BCUT2D eigenvalue weighted by Crippen LogP contribution is -2.33. The van der Waals surface area contributed by atoms with Crippen molar-refractivity contribution in [1.82, 2.24) is 5.32 Å². The molecule has 0 heterocycles. The highest BCUT2D eigenvalue weighted by Crippen LogP contribution is 2.30. The second-order valence-corrected chi connectivity index (χ2v) is 4.18. The predicted molar refractivity (Wildman–Crippen MR) is 60.0 cm³/mol. The number of nitrogens with one attached hydrogen (secondary N) is 2. The first-order valence-electron chi connectivity index (χ1n) is 5.36. The summed E-state index contributed by atoms with van der Waals surface area (Å²) < 4.78 is 37.3. The van der Waals surface area contributed by atoms with Gasteiger partial charge in [-0.15, -0.1) is 0 Å². The van der Waals surface area contributed by atoms with Gasteiger partial charge in [0.1, 0.15) is 0 Å². The molecule has 1 aromatic carbocycles. The Labute approximate surface area is 101 Å². The Hall–Kier alpha value is -1.76. The number of rotatable bonds is 2.